The van der Waals surface area contributed by atoms with Crippen molar-refractivity contribution in [2.45, 2.75) is 61.2 Å². The third-order valence-corrected chi connectivity index (χ3v) is 9.90. The molecule has 5 rings (SSSR count). The first-order valence-corrected chi connectivity index (χ1v) is 13.4. The molecule has 3 aliphatic rings. The Bertz CT molecular complexity index is 1160. The molecule has 3 heterocycles. The topological polar surface area (TPSA) is 98.7 Å². The van der Waals surface area contributed by atoms with Crippen molar-refractivity contribution in [2.75, 3.05) is 11.9 Å². The van der Waals surface area contributed by atoms with E-state index >= 15 is 0 Å². The van der Waals surface area contributed by atoms with Gasteiger partial charge in [-0.05, 0) is 51.3 Å². The first-order chi connectivity index (χ1) is 17.2. The zero-order valence-electron chi connectivity index (χ0n) is 20.8. The van der Waals surface area contributed by atoms with E-state index in [-0.39, 0.29) is 30.4 Å². The summed E-state index contributed by atoms with van der Waals surface area (Å²) < 4.78 is -1.19. The van der Waals surface area contributed by atoms with E-state index in [1.165, 1.54) is 0 Å². The number of nitrogens with zero attached hydrogens (tertiary/aromatic N) is 1. The van der Waals surface area contributed by atoms with Crippen LogP contribution < -0.4 is 10.6 Å². The van der Waals surface area contributed by atoms with Gasteiger partial charge in [0.15, 0.2) is 0 Å². The minimum Gasteiger partial charge on any atom is -0.394 e. The number of amides is 3. The summed E-state index contributed by atoms with van der Waals surface area (Å²) >= 11 is 1.63. The van der Waals surface area contributed by atoms with Crippen molar-refractivity contribution in [2.24, 2.45) is 11.8 Å². The molecule has 0 aliphatic carbocycles. The van der Waals surface area contributed by atoms with Crippen molar-refractivity contribution < 1.29 is 19.5 Å². The number of hydrogen-bond donors (Lipinski definition) is 3. The number of carbonyl (C=O) groups is 3. The molecule has 36 heavy (non-hydrogen) atoms. The van der Waals surface area contributed by atoms with E-state index in [2.05, 4.69) is 17.6 Å². The molecule has 1 spiro atoms. The molecule has 3 N–H and O–H groups in total. The number of benzene rings is 2. The molecule has 3 aliphatic heterocycles. The minimum absolute atomic E-state index is 0.106. The van der Waals surface area contributed by atoms with Gasteiger partial charge in [-0.2, -0.15) is 0 Å². The standard InChI is InChI=1S/C28H33N3O4S/c1-17(2)29-25(34)23-28-15-14-27(3,36-28)21(24(33)30-19-12-8-5-9-13-19)22(28)26(35)31(23)20(16-32)18-10-6-4-7-11-18/h4-13,17,20-23,32H,14-16H2,1-3H3,(H,29,34)(H,30,33)/t20-,21-,22+,23?,27+,28?/m1/s1. The van der Waals surface area contributed by atoms with E-state index in [1.54, 1.807) is 16.7 Å². The third-order valence-electron chi connectivity index (χ3n) is 7.91. The number of nitrogens with one attached hydrogen (secondary N) is 2. The molecule has 2 unspecified atom stereocenters. The fourth-order valence-electron chi connectivity index (χ4n) is 6.53. The minimum atomic E-state index is -0.781. The Morgan fingerprint density at radius 2 is 1.69 bits per heavy atom. The van der Waals surface area contributed by atoms with Crippen LogP contribution in [0.15, 0.2) is 60.7 Å². The highest BCUT2D eigenvalue weighted by atomic mass is 32.2. The maximum atomic E-state index is 14.3. The molecule has 3 amide bonds. The van der Waals surface area contributed by atoms with E-state index in [4.69, 9.17) is 0 Å². The molecular weight excluding hydrogens is 474 g/mol. The quantitative estimate of drug-likeness (QED) is 0.534. The van der Waals surface area contributed by atoms with Crippen LogP contribution in [0.4, 0.5) is 5.69 Å². The molecule has 8 heteroatoms. The van der Waals surface area contributed by atoms with Gasteiger partial charge in [0.25, 0.3) is 0 Å². The lowest BCUT2D eigenvalue weighted by Crippen LogP contribution is -2.55. The Morgan fingerprint density at radius 3 is 2.31 bits per heavy atom. The zero-order chi connectivity index (χ0) is 25.7. The van der Waals surface area contributed by atoms with Gasteiger partial charge < -0.3 is 20.6 Å². The molecule has 2 bridgehead atoms. The smallest absolute Gasteiger partial charge is 0.244 e. The van der Waals surface area contributed by atoms with Crippen LogP contribution in [-0.2, 0) is 14.4 Å². The average Bonchev–Trinajstić information content (AvgIpc) is 3.41. The Morgan fingerprint density at radius 1 is 1.06 bits per heavy atom. The molecule has 190 valence electrons. The second-order valence-electron chi connectivity index (χ2n) is 10.6. The number of carbonyl (C=O) groups excluding carboxylic acids is 3. The van der Waals surface area contributed by atoms with E-state index in [9.17, 15) is 19.5 Å². The van der Waals surface area contributed by atoms with Gasteiger partial charge in [0.1, 0.15) is 6.04 Å². The van der Waals surface area contributed by atoms with Crippen molar-refractivity contribution in [3.05, 3.63) is 66.2 Å². The summed E-state index contributed by atoms with van der Waals surface area (Å²) in [6, 6.07) is 17.0. The Balaban J connectivity index is 1.58. The van der Waals surface area contributed by atoms with Gasteiger partial charge in [-0.15, -0.1) is 11.8 Å². The van der Waals surface area contributed by atoms with Crippen LogP contribution >= 0.6 is 11.8 Å². The van der Waals surface area contributed by atoms with Gasteiger partial charge in [-0.1, -0.05) is 48.5 Å². The monoisotopic (exact) mass is 507 g/mol. The molecule has 7 nitrogen and oxygen atoms in total. The number of aliphatic hydroxyl groups excluding tert-OH is 1. The predicted molar refractivity (Wildman–Crippen MR) is 140 cm³/mol. The number of hydrogen-bond acceptors (Lipinski definition) is 5. The Hall–Kier alpha value is -2.84. The third kappa shape index (κ3) is 3.82. The fraction of sp³-hybridized carbons (Fsp3) is 0.464. The van der Waals surface area contributed by atoms with E-state index < -0.39 is 33.4 Å². The van der Waals surface area contributed by atoms with Crippen LogP contribution in [-0.4, -0.2) is 55.9 Å². The summed E-state index contributed by atoms with van der Waals surface area (Å²) in [6.45, 7) is 5.53. The summed E-state index contributed by atoms with van der Waals surface area (Å²) in [5.41, 5.74) is 1.45. The Labute approximate surface area is 216 Å². The van der Waals surface area contributed by atoms with Crippen LogP contribution in [0.25, 0.3) is 0 Å². The van der Waals surface area contributed by atoms with Crippen molar-refractivity contribution in [1.29, 1.82) is 0 Å². The normalized spacial score (nSPS) is 31.4. The molecule has 0 saturated carbocycles. The summed E-state index contributed by atoms with van der Waals surface area (Å²) in [5, 5.41) is 16.5. The maximum Gasteiger partial charge on any atom is 0.244 e. The zero-order valence-corrected chi connectivity index (χ0v) is 21.6. The molecule has 6 atom stereocenters. The van der Waals surface area contributed by atoms with Gasteiger partial charge in [-0.25, -0.2) is 0 Å². The molecule has 3 saturated heterocycles. The highest BCUT2D eigenvalue weighted by Gasteiger charge is 2.77. The highest BCUT2D eigenvalue weighted by Crippen LogP contribution is 2.72. The Kier molecular flexibility index (Phi) is 6.37. The predicted octanol–water partition coefficient (Wildman–Crippen LogP) is 3.36. The molecule has 3 fully saturated rings. The second kappa shape index (κ2) is 9.23. The summed E-state index contributed by atoms with van der Waals surface area (Å²) in [6.07, 6.45) is 1.40. The molecule has 0 radical (unpaired) electrons. The molecule has 2 aromatic carbocycles. The highest BCUT2D eigenvalue weighted by molar-refractivity contribution is 8.02. The fourth-order valence-corrected chi connectivity index (χ4v) is 8.88. The van der Waals surface area contributed by atoms with Gasteiger partial charge in [0, 0.05) is 16.5 Å². The number of para-hydroxylation sites is 1. The van der Waals surface area contributed by atoms with E-state index in [1.807, 2.05) is 74.5 Å². The van der Waals surface area contributed by atoms with Crippen LogP contribution in [0, 0.1) is 11.8 Å². The van der Waals surface area contributed by atoms with Crippen LogP contribution in [0.3, 0.4) is 0 Å². The molecule has 2 aromatic rings. The van der Waals surface area contributed by atoms with Crippen LogP contribution in [0.2, 0.25) is 0 Å². The first-order valence-electron chi connectivity index (χ1n) is 12.6. The number of anilines is 1. The van der Waals surface area contributed by atoms with E-state index in [0.717, 1.165) is 12.0 Å². The van der Waals surface area contributed by atoms with E-state index in [0.29, 0.717) is 12.1 Å². The van der Waals surface area contributed by atoms with Gasteiger partial charge >= 0.3 is 0 Å². The summed E-state index contributed by atoms with van der Waals surface area (Å²) in [5.74, 6) is -1.88. The number of fused-ring (bicyclic) bond motifs is 1. The largest absolute Gasteiger partial charge is 0.394 e. The number of likely N-dealkylation sites (tertiary alicyclic amines) is 1. The van der Waals surface area contributed by atoms with Crippen LogP contribution in [0.1, 0.15) is 45.2 Å². The SMILES string of the molecule is CC(C)NC(=O)C1N([C@H](CO)c2ccccc2)C(=O)[C@@H]2[C@H](C(=O)Nc3ccccc3)[C@]3(C)CCC12S3. The van der Waals surface area contributed by atoms with Crippen molar-refractivity contribution >= 4 is 35.2 Å². The maximum absolute atomic E-state index is 14.3. The lowest BCUT2D eigenvalue weighted by Gasteiger charge is -2.37. The van der Waals surface area contributed by atoms with Crippen molar-refractivity contribution in [3.63, 3.8) is 0 Å². The first kappa shape index (κ1) is 24.8. The average molecular weight is 508 g/mol. The number of thioether (sulfide) groups is 1. The second-order valence-corrected chi connectivity index (χ2v) is 12.5. The summed E-state index contributed by atoms with van der Waals surface area (Å²) in [4.78, 5) is 43.4. The van der Waals surface area contributed by atoms with Gasteiger partial charge in [0.05, 0.1) is 29.2 Å². The summed E-state index contributed by atoms with van der Waals surface area (Å²) in [7, 11) is 0. The lowest BCUT2D eigenvalue weighted by atomic mass is 9.66. The van der Waals surface area contributed by atoms with Crippen LogP contribution in [0.5, 0.6) is 0 Å². The molecule has 0 aromatic heterocycles. The lowest BCUT2D eigenvalue weighted by molar-refractivity contribution is -0.142. The van der Waals surface area contributed by atoms with Crippen molar-refractivity contribution in [1.82, 2.24) is 10.2 Å². The molecular formula is C28H33N3O4S. The number of rotatable bonds is 7. The number of aliphatic hydroxyl groups is 1. The van der Waals surface area contributed by atoms with Crippen molar-refractivity contribution in [3.8, 4) is 0 Å². The van der Waals surface area contributed by atoms with Gasteiger partial charge in [-0.3, -0.25) is 14.4 Å². The van der Waals surface area contributed by atoms with Gasteiger partial charge in [0.2, 0.25) is 17.7 Å².